The minimum atomic E-state index is -0.237. The van der Waals surface area contributed by atoms with Crippen LogP contribution in [0, 0.1) is 56.9 Å². The Balaban J connectivity index is 0.000000178. The van der Waals surface area contributed by atoms with Crippen LogP contribution in [0.1, 0.15) is 29.2 Å². The zero-order valence-corrected chi connectivity index (χ0v) is 61.9. The number of nitrogens with zero attached hydrogens (tertiary/aromatic N) is 5. The molecular weight excluding hydrogens is 2010 g/mol. The van der Waals surface area contributed by atoms with Crippen LogP contribution in [0.15, 0.2) is 274 Å². The summed E-state index contributed by atoms with van der Waals surface area (Å²) in [5.74, 6) is -0.237. The second-order valence-electron chi connectivity index (χ2n) is 20.6. The van der Waals surface area contributed by atoms with E-state index in [0.717, 1.165) is 73.5 Å². The quantitative estimate of drug-likeness (QED) is 0.155. The average Bonchev–Trinajstić information content (AvgIpc) is 2.49. The third kappa shape index (κ3) is 18.4. The summed E-state index contributed by atoms with van der Waals surface area (Å²) in [6.07, 6.45) is 10.2. The third-order valence-corrected chi connectivity index (χ3v) is 14.7. The largest absolute Gasteiger partial charge is 0.304 e. The first-order chi connectivity index (χ1) is 42.3. The normalized spacial score (nSPS) is 10.1. The van der Waals surface area contributed by atoms with Gasteiger partial charge in [-0.25, -0.2) is 0 Å². The molecule has 0 amide bonds. The van der Waals surface area contributed by atoms with Gasteiger partial charge in [0.25, 0.3) is 0 Å². The van der Waals surface area contributed by atoms with Crippen molar-refractivity contribution >= 4 is 53.9 Å². The molecule has 0 saturated carbocycles. The smallest absolute Gasteiger partial charge is 0.0408 e. The molecule has 5 radical (unpaired) electrons. The fourth-order valence-electron chi connectivity index (χ4n) is 10.1. The van der Waals surface area contributed by atoms with Gasteiger partial charge >= 0.3 is 0 Å². The summed E-state index contributed by atoms with van der Waals surface area (Å²) in [6, 6.07) is 97.0. The van der Waals surface area contributed by atoms with Crippen LogP contribution >= 0.6 is 0 Å². The van der Waals surface area contributed by atoms with Gasteiger partial charge in [-0.2, -0.15) is 0 Å². The molecule has 0 spiro atoms. The molecule has 11 heteroatoms. The van der Waals surface area contributed by atoms with Crippen molar-refractivity contribution in [1.29, 1.82) is 0 Å². The van der Waals surface area contributed by atoms with E-state index >= 15 is 0 Å². The summed E-state index contributed by atoms with van der Waals surface area (Å²) in [7, 11) is 0. The van der Waals surface area contributed by atoms with Gasteiger partial charge in [0, 0.05) is 137 Å². The van der Waals surface area contributed by atoms with Gasteiger partial charge in [0.05, 0.1) is 0 Å². The first-order valence-corrected chi connectivity index (χ1v) is 28.6. The van der Waals surface area contributed by atoms with Crippen molar-refractivity contribution in [3.8, 4) is 56.3 Å². The van der Waals surface area contributed by atoms with Crippen LogP contribution in [0.3, 0.4) is 0 Å². The fraction of sp³-hybridized carbons (Fsp3) is 0.0625. The van der Waals surface area contributed by atoms with Crippen LogP contribution in [-0.4, -0.2) is 24.9 Å². The number of hydrogen-bond acceptors (Lipinski definition) is 5. The van der Waals surface area contributed by atoms with Crippen LogP contribution in [-0.2, 0) is 107 Å². The fourth-order valence-corrected chi connectivity index (χ4v) is 10.1. The Bertz CT molecular complexity index is 4730. The molecule has 461 valence electrons. The molecule has 5 nitrogen and oxygen atoms in total. The second kappa shape index (κ2) is 35.9. The molecular formula is C80H59FIr5N5-5. The number of halogens is 1. The standard InChI is InChI=1S/C17H14N.C16H11FN.2C16H12N.C15H10N.5Ir/c1-2-13-7-9-15(10-8-13)17-16-6-4-3-5-14(16)11-12-18-17;1-11-10-13(6-7-15(11)17)16-14-5-3-2-4-12(14)8-9-18-16;1-12-6-8-14(9-7-12)16-15-5-3-2-4-13(15)10-11-17-16;1-12-7-8-15-14(11-12)9-10-17-16(15)13-5-3-2-4-6-13;1-2-7-13(8-3-1)15-14-9-5-4-6-12(14)10-11-16-15;;;;;/h3-9,11-12H,2H2,1H3;2-5,7-10H,1H3;2-8,10-11H,1H3;2-5,7-11H,1H3;1-7,9-11H;;;;;/q5*-1;;;;;. The first kappa shape index (κ1) is 72.5. The minimum absolute atomic E-state index is 0. The van der Waals surface area contributed by atoms with Gasteiger partial charge in [0.2, 0.25) is 0 Å². The Labute approximate surface area is 600 Å². The van der Waals surface area contributed by atoms with Crippen molar-refractivity contribution in [2.45, 2.75) is 34.1 Å². The Morgan fingerprint density at radius 3 is 1.03 bits per heavy atom. The molecule has 15 aromatic rings. The number of fused-ring (bicyclic) bond motifs is 5. The maximum absolute atomic E-state index is 13.3. The van der Waals surface area contributed by atoms with Gasteiger partial charge in [-0.05, 0) is 120 Å². The van der Waals surface area contributed by atoms with E-state index in [0.29, 0.717) is 5.56 Å². The molecule has 0 aliphatic heterocycles. The van der Waals surface area contributed by atoms with E-state index in [4.69, 9.17) is 0 Å². The van der Waals surface area contributed by atoms with Crippen LogP contribution in [0.4, 0.5) is 4.39 Å². The van der Waals surface area contributed by atoms with Crippen LogP contribution < -0.4 is 0 Å². The van der Waals surface area contributed by atoms with Crippen LogP contribution in [0.5, 0.6) is 0 Å². The maximum Gasteiger partial charge on any atom is 0.0408 e. The van der Waals surface area contributed by atoms with Crippen molar-refractivity contribution in [2.24, 2.45) is 0 Å². The predicted molar refractivity (Wildman–Crippen MR) is 354 cm³/mol. The minimum Gasteiger partial charge on any atom is -0.304 e. The molecule has 0 aliphatic rings. The third-order valence-electron chi connectivity index (χ3n) is 14.7. The summed E-state index contributed by atoms with van der Waals surface area (Å²) in [5, 5.41) is 11.8. The topological polar surface area (TPSA) is 64.5 Å². The van der Waals surface area contributed by atoms with E-state index in [2.05, 4.69) is 173 Å². The van der Waals surface area contributed by atoms with Gasteiger partial charge in [0.1, 0.15) is 0 Å². The van der Waals surface area contributed by atoms with E-state index in [9.17, 15) is 4.39 Å². The average molecular weight is 2070 g/mol. The molecule has 0 saturated heterocycles. The summed E-state index contributed by atoms with van der Waals surface area (Å²) in [4.78, 5) is 22.3. The number of rotatable bonds is 6. The molecule has 91 heavy (non-hydrogen) atoms. The first-order valence-electron chi connectivity index (χ1n) is 28.6. The van der Waals surface area contributed by atoms with E-state index in [1.807, 2.05) is 158 Å². The van der Waals surface area contributed by atoms with Crippen molar-refractivity contribution in [3.05, 3.63) is 332 Å². The summed E-state index contributed by atoms with van der Waals surface area (Å²) >= 11 is 0. The Morgan fingerprint density at radius 2 is 0.659 bits per heavy atom. The summed E-state index contributed by atoms with van der Waals surface area (Å²) in [5.41, 5.74) is 14.3. The molecule has 0 unspecified atom stereocenters. The Hall–Kier alpha value is -7.57. The van der Waals surface area contributed by atoms with Crippen molar-refractivity contribution in [3.63, 3.8) is 0 Å². The Morgan fingerprint density at radius 1 is 0.308 bits per heavy atom. The van der Waals surface area contributed by atoms with Crippen LogP contribution in [0.25, 0.3) is 110 Å². The number of aryl methyl sites for hydroxylation is 4. The van der Waals surface area contributed by atoms with E-state index in [1.165, 1.54) is 65.8 Å². The maximum atomic E-state index is 13.3. The molecule has 15 rings (SSSR count). The molecule has 0 N–H and O–H groups in total. The van der Waals surface area contributed by atoms with E-state index in [-0.39, 0.29) is 106 Å². The summed E-state index contributed by atoms with van der Waals surface area (Å²) in [6.45, 7) is 8.07. The van der Waals surface area contributed by atoms with E-state index in [1.54, 1.807) is 19.2 Å². The molecule has 0 fully saturated rings. The van der Waals surface area contributed by atoms with Gasteiger partial charge in [-0.15, -0.1) is 166 Å². The molecule has 10 aromatic carbocycles. The van der Waals surface area contributed by atoms with Crippen molar-refractivity contribution in [1.82, 2.24) is 24.9 Å². The zero-order chi connectivity index (χ0) is 59.0. The number of hydrogen-bond donors (Lipinski definition) is 0. The van der Waals surface area contributed by atoms with Crippen molar-refractivity contribution < 1.29 is 105 Å². The predicted octanol–water partition coefficient (Wildman–Crippen LogP) is 20.1. The molecule has 0 aliphatic carbocycles. The number of pyridine rings is 5. The van der Waals surface area contributed by atoms with Crippen molar-refractivity contribution in [2.75, 3.05) is 0 Å². The zero-order valence-electron chi connectivity index (χ0n) is 50.0. The summed E-state index contributed by atoms with van der Waals surface area (Å²) < 4.78 is 13.3. The molecule has 0 bridgehead atoms. The molecule has 0 atom stereocenters. The Kier molecular flexibility index (Phi) is 28.6. The van der Waals surface area contributed by atoms with Gasteiger partial charge < -0.3 is 24.9 Å². The van der Waals surface area contributed by atoms with Gasteiger partial charge in [-0.1, -0.05) is 154 Å². The monoisotopic (exact) mass is 2070 g/mol. The van der Waals surface area contributed by atoms with E-state index < -0.39 is 0 Å². The molecule has 5 aromatic heterocycles. The second-order valence-corrected chi connectivity index (χ2v) is 20.6. The van der Waals surface area contributed by atoms with Gasteiger partial charge in [0.15, 0.2) is 0 Å². The number of aromatic nitrogens is 5. The SMILES string of the molecule is CCc1c[c-]c(-c2nccc3ccccc23)cc1.Cc1c[c-]c(-c2nccc3ccccc23)cc1.Cc1cc(-c2nccc3ccccc23)[c-]cc1F.Cc1ccc2c(-c3[c-]cccc3)nccc2c1.[Ir].[Ir].[Ir].[Ir].[Ir].[c-]1ccccc1-c1nccc2ccccc12. The van der Waals surface area contributed by atoms with Gasteiger partial charge in [-0.3, -0.25) is 4.39 Å². The molecule has 5 heterocycles. The van der Waals surface area contributed by atoms with Crippen LogP contribution in [0.2, 0.25) is 0 Å². The number of benzene rings is 10.